The number of hydrogen-bond acceptors (Lipinski definition) is 5. The van der Waals surface area contributed by atoms with Crippen molar-refractivity contribution in [1.82, 2.24) is 10.2 Å². The van der Waals surface area contributed by atoms with E-state index < -0.39 is 0 Å². The van der Waals surface area contributed by atoms with Crippen LogP contribution in [0, 0.1) is 5.92 Å². The number of hydrogen-bond donors (Lipinski definition) is 1. The van der Waals surface area contributed by atoms with Crippen LogP contribution in [0.15, 0.2) is 42.5 Å². The van der Waals surface area contributed by atoms with Crippen molar-refractivity contribution >= 4 is 17.5 Å². The highest BCUT2D eigenvalue weighted by atomic mass is 16.6. The summed E-state index contributed by atoms with van der Waals surface area (Å²) >= 11 is 0. The predicted molar refractivity (Wildman–Crippen MR) is 114 cm³/mol. The van der Waals surface area contributed by atoms with E-state index >= 15 is 0 Å². The zero-order valence-corrected chi connectivity index (χ0v) is 17.4. The first kappa shape index (κ1) is 20.2. The third kappa shape index (κ3) is 4.41. The molecule has 158 valence electrons. The van der Waals surface area contributed by atoms with Gasteiger partial charge in [0.05, 0.1) is 5.92 Å². The van der Waals surface area contributed by atoms with Crippen molar-refractivity contribution in [2.24, 2.45) is 5.92 Å². The van der Waals surface area contributed by atoms with Gasteiger partial charge in [-0.05, 0) is 37.4 Å². The van der Waals surface area contributed by atoms with Gasteiger partial charge < -0.3 is 24.6 Å². The van der Waals surface area contributed by atoms with E-state index in [0.29, 0.717) is 37.8 Å². The van der Waals surface area contributed by atoms with Crippen molar-refractivity contribution in [3.63, 3.8) is 0 Å². The highest BCUT2D eigenvalue weighted by Crippen LogP contribution is 2.36. The highest BCUT2D eigenvalue weighted by molar-refractivity contribution is 6.00. The quantitative estimate of drug-likeness (QED) is 0.792. The zero-order valence-electron chi connectivity index (χ0n) is 17.4. The molecule has 0 aliphatic carbocycles. The standard InChI is InChI=1S/C23H27N3O4/c1-25(2)14-17-6-4-3-5-16(17)13-24-23(28)18-11-22(27)26(15-18)19-7-8-20-21(12-19)30-10-9-29-20/h3-8,12,18H,9-11,13-15H2,1-2H3,(H,24,28)/t18-/m1/s1. The Labute approximate surface area is 176 Å². The lowest BCUT2D eigenvalue weighted by Crippen LogP contribution is -2.33. The van der Waals surface area contributed by atoms with E-state index in [4.69, 9.17) is 9.47 Å². The molecule has 0 bridgehead atoms. The Morgan fingerprint density at radius 3 is 2.60 bits per heavy atom. The van der Waals surface area contributed by atoms with Gasteiger partial charge in [-0.3, -0.25) is 9.59 Å². The Balaban J connectivity index is 1.39. The summed E-state index contributed by atoms with van der Waals surface area (Å²) in [5.41, 5.74) is 3.01. The minimum absolute atomic E-state index is 0.0557. The predicted octanol–water partition coefficient (Wildman–Crippen LogP) is 2.19. The lowest BCUT2D eigenvalue weighted by molar-refractivity contribution is -0.126. The number of fused-ring (bicyclic) bond motifs is 1. The average Bonchev–Trinajstić information content (AvgIpc) is 3.14. The molecule has 30 heavy (non-hydrogen) atoms. The molecule has 2 aromatic carbocycles. The summed E-state index contributed by atoms with van der Waals surface area (Å²) in [4.78, 5) is 29.1. The molecule has 2 aliphatic rings. The topological polar surface area (TPSA) is 71.1 Å². The number of nitrogens with one attached hydrogen (secondary N) is 1. The summed E-state index contributed by atoms with van der Waals surface area (Å²) in [5.74, 6) is 0.800. The molecule has 1 N–H and O–H groups in total. The van der Waals surface area contributed by atoms with Gasteiger partial charge in [0.2, 0.25) is 11.8 Å². The second-order valence-electron chi connectivity index (χ2n) is 7.96. The summed E-state index contributed by atoms with van der Waals surface area (Å²) < 4.78 is 11.2. The number of nitrogens with zero attached hydrogens (tertiary/aromatic N) is 2. The van der Waals surface area contributed by atoms with Gasteiger partial charge in [-0.15, -0.1) is 0 Å². The van der Waals surface area contributed by atoms with Crippen LogP contribution in [0.5, 0.6) is 11.5 Å². The minimum atomic E-state index is -0.369. The van der Waals surface area contributed by atoms with Crippen LogP contribution in [-0.4, -0.2) is 50.6 Å². The molecular weight excluding hydrogens is 382 g/mol. The van der Waals surface area contributed by atoms with Crippen LogP contribution < -0.4 is 19.7 Å². The smallest absolute Gasteiger partial charge is 0.227 e. The number of carbonyl (C=O) groups is 2. The molecule has 7 nitrogen and oxygen atoms in total. The Morgan fingerprint density at radius 1 is 1.10 bits per heavy atom. The fourth-order valence-corrected chi connectivity index (χ4v) is 3.88. The lowest BCUT2D eigenvalue weighted by atomic mass is 10.1. The molecular formula is C23H27N3O4. The minimum Gasteiger partial charge on any atom is -0.486 e. The van der Waals surface area contributed by atoms with Crippen LogP contribution in [-0.2, 0) is 22.7 Å². The Bertz CT molecular complexity index is 944. The van der Waals surface area contributed by atoms with E-state index in [2.05, 4.69) is 16.3 Å². The van der Waals surface area contributed by atoms with Crippen molar-refractivity contribution in [2.45, 2.75) is 19.5 Å². The van der Waals surface area contributed by atoms with E-state index in [1.807, 2.05) is 50.5 Å². The molecule has 2 aromatic rings. The van der Waals surface area contributed by atoms with Crippen LogP contribution in [0.25, 0.3) is 0 Å². The molecule has 0 aromatic heterocycles. The van der Waals surface area contributed by atoms with Crippen LogP contribution >= 0.6 is 0 Å². The SMILES string of the molecule is CN(C)Cc1ccccc1CNC(=O)[C@@H]1CC(=O)N(c2ccc3c(c2)OCCO3)C1. The first-order chi connectivity index (χ1) is 14.5. The Morgan fingerprint density at radius 2 is 1.83 bits per heavy atom. The maximum Gasteiger partial charge on any atom is 0.227 e. The first-order valence-corrected chi connectivity index (χ1v) is 10.2. The third-order valence-electron chi connectivity index (χ3n) is 5.39. The van der Waals surface area contributed by atoms with Gasteiger partial charge in [0.15, 0.2) is 11.5 Å². The second kappa shape index (κ2) is 8.75. The Hall–Kier alpha value is -3.06. The van der Waals surface area contributed by atoms with Crippen molar-refractivity contribution in [3.05, 3.63) is 53.6 Å². The molecule has 7 heteroatoms. The van der Waals surface area contributed by atoms with Crippen LogP contribution in [0.4, 0.5) is 5.69 Å². The van der Waals surface area contributed by atoms with Gasteiger partial charge in [0, 0.05) is 37.8 Å². The van der Waals surface area contributed by atoms with E-state index in [-0.39, 0.29) is 24.2 Å². The number of amides is 2. The summed E-state index contributed by atoms with van der Waals surface area (Å²) in [5, 5.41) is 3.02. The maximum absolute atomic E-state index is 12.8. The normalized spacial score (nSPS) is 18.0. The molecule has 1 fully saturated rings. The average molecular weight is 409 g/mol. The van der Waals surface area contributed by atoms with Gasteiger partial charge in [-0.25, -0.2) is 0 Å². The van der Waals surface area contributed by atoms with Gasteiger partial charge in [0.25, 0.3) is 0 Å². The van der Waals surface area contributed by atoms with Crippen LogP contribution in [0.2, 0.25) is 0 Å². The molecule has 2 aliphatic heterocycles. The van der Waals surface area contributed by atoms with E-state index in [1.54, 1.807) is 4.90 Å². The molecule has 2 heterocycles. The second-order valence-corrected chi connectivity index (χ2v) is 7.96. The highest BCUT2D eigenvalue weighted by Gasteiger charge is 2.35. The molecule has 4 rings (SSSR count). The van der Waals surface area contributed by atoms with Crippen molar-refractivity contribution in [2.75, 3.05) is 38.8 Å². The van der Waals surface area contributed by atoms with E-state index in [0.717, 1.165) is 17.8 Å². The summed E-state index contributed by atoms with van der Waals surface area (Å²) in [7, 11) is 4.04. The first-order valence-electron chi connectivity index (χ1n) is 10.2. The maximum atomic E-state index is 12.8. The van der Waals surface area contributed by atoms with Crippen LogP contribution in [0.3, 0.4) is 0 Å². The zero-order chi connectivity index (χ0) is 21.1. The number of ether oxygens (including phenoxy) is 2. The van der Waals surface area contributed by atoms with Gasteiger partial charge in [0.1, 0.15) is 13.2 Å². The van der Waals surface area contributed by atoms with Gasteiger partial charge >= 0.3 is 0 Å². The molecule has 0 unspecified atom stereocenters. The number of carbonyl (C=O) groups excluding carboxylic acids is 2. The van der Waals surface area contributed by atoms with Crippen molar-refractivity contribution in [1.29, 1.82) is 0 Å². The van der Waals surface area contributed by atoms with Gasteiger partial charge in [-0.2, -0.15) is 0 Å². The van der Waals surface area contributed by atoms with E-state index in [9.17, 15) is 9.59 Å². The summed E-state index contributed by atoms with van der Waals surface area (Å²) in [6, 6.07) is 13.5. The molecule has 2 amide bonds. The number of anilines is 1. The van der Waals surface area contributed by atoms with E-state index in [1.165, 1.54) is 5.56 Å². The third-order valence-corrected chi connectivity index (χ3v) is 5.39. The number of rotatable bonds is 6. The molecule has 1 saturated heterocycles. The van der Waals surface area contributed by atoms with Crippen LogP contribution in [0.1, 0.15) is 17.5 Å². The fraction of sp³-hybridized carbons (Fsp3) is 0.391. The molecule has 0 spiro atoms. The van der Waals surface area contributed by atoms with Crippen molar-refractivity contribution in [3.8, 4) is 11.5 Å². The Kier molecular flexibility index (Phi) is 5.90. The van der Waals surface area contributed by atoms with Gasteiger partial charge in [-0.1, -0.05) is 24.3 Å². The summed E-state index contributed by atoms with van der Waals surface area (Å²) in [6.45, 7) is 2.65. The van der Waals surface area contributed by atoms with Crippen molar-refractivity contribution < 1.29 is 19.1 Å². The fourth-order valence-electron chi connectivity index (χ4n) is 3.88. The molecule has 0 radical (unpaired) electrons. The monoisotopic (exact) mass is 409 g/mol. The largest absolute Gasteiger partial charge is 0.486 e. The summed E-state index contributed by atoms with van der Waals surface area (Å²) in [6.07, 6.45) is 0.208. The molecule has 0 saturated carbocycles. The lowest BCUT2D eigenvalue weighted by Gasteiger charge is -2.22. The molecule has 1 atom stereocenters. The number of benzene rings is 2.